The van der Waals surface area contributed by atoms with E-state index in [0.29, 0.717) is 19.8 Å². The molecule has 0 saturated carbocycles. The van der Waals surface area contributed by atoms with Gasteiger partial charge in [0.2, 0.25) is 10.0 Å². The number of nitrogens with two attached hydrogens (primary N) is 1. The molecule has 14 heavy (non-hydrogen) atoms. The van der Waals surface area contributed by atoms with Crippen LogP contribution in [0.25, 0.3) is 0 Å². The molecule has 0 amide bonds. The Balaban J connectivity index is 3.41. The summed E-state index contributed by atoms with van der Waals surface area (Å²) in [6.07, 6.45) is 0.818. The highest BCUT2D eigenvalue weighted by atomic mass is 32.2. The molecule has 0 aliphatic rings. The van der Waals surface area contributed by atoms with Gasteiger partial charge in [0.25, 0.3) is 0 Å². The molecule has 5 nitrogen and oxygen atoms in total. The highest BCUT2D eigenvalue weighted by Gasteiger charge is 2.10. The predicted molar refractivity (Wildman–Crippen MR) is 54.5 cm³/mol. The molecule has 2 N–H and O–H groups in total. The van der Waals surface area contributed by atoms with Crippen LogP contribution in [0.15, 0.2) is 0 Å². The van der Waals surface area contributed by atoms with Crippen LogP contribution in [0.4, 0.5) is 0 Å². The van der Waals surface area contributed by atoms with Crippen LogP contribution in [0.3, 0.4) is 0 Å². The highest BCUT2D eigenvalue weighted by molar-refractivity contribution is 7.89. The minimum absolute atomic E-state index is 0.0305. The van der Waals surface area contributed by atoms with Crippen molar-refractivity contribution in [1.29, 1.82) is 0 Å². The summed E-state index contributed by atoms with van der Waals surface area (Å²) >= 11 is 0. The number of methoxy groups -OCH3 is 1. The van der Waals surface area contributed by atoms with Gasteiger partial charge < -0.3 is 9.47 Å². The highest BCUT2D eigenvalue weighted by Crippen LogP contribution is 1.99. The van der Waals surface area contributed by atoms with E-state index in [-0.39, 0.29) is 11.7 Å². The molecule has 0 aromatic heterocycles. The van der Waals surface area contributed by atoms with Gasteiger partial charge in [-0.25, -0.2) is 13.6 Å². The van der Waals surface area contributed by atoms with Crippen molar-refractivity contribution in [3.8, 4) is 0 Å². The number of hydrogen-bond acceptors (Lipinski definition) is 4. The van der Waals surface area contributed by atoms with E-state index in [1.807, 2.05) is 0 Å². The fourth-order valence-electron chi connectivity index (χ4n) is 1.03. The van der Waals surface area contributed by atoms with Crippen molar-refractivity contribution >= 4 is 10.0 Å². The van der Waals surface area contributed by atoms with Crippen molar-refractivity contribution in [1.82, 2.24) is 0 Å². The van der Waals surface area contributed by atoms with Gasteiger partial charge in [0.1, 0.15) is 0 Å². The standard InChI is InChI=1S/C8H19NO4S/c1-8(7-14(9,10)11)6-13-5-3-4-12-2/h8H,3-7H2,1-2H3,(H2,9,10,11). The first-order chi connectivity index (χ1) is 6.45. The lowest BCUT2D eigenvalue weighted by atomic mass is 10.2. The van der Waals surface area contributed by atoms with Crippen molar-refractivity contribution in [3.63, 3.8) is 0 Å². The summed E-state index contributed by atoms with van der Waals surface area (Å²) in [5, 5.41) is 4.88. The van der Waals surface area contributed by atoms with Crippen molar-refractivity contribution in [3.05, 3.63) is 0 Å². The molecule has 0 radical (unpaired) electrons. The number of hydrogen-bond donors (Lipinski definition) is 1. The molecule has 86 valence electrons. The average Bonchev–Trinajstić information content (AvgIpc) is 2.00. The van der Waals surface area contributed by atoms with E-state index >= 15 is 0 Å². The first-order valence-corrected chi connectivity index (χ1v) is 6.24. The maximum atomic E-state index is 10.7. The number of rotatable bonds is 8. The minimum atomic E-state index is -3.38. The first kappa shape index (κ1) is 13.8. The van der Waals surface area contributed by atoms with Crippen molar-refractivity contribution < 1.29 is 17.9 Å². The second kappa shape index (κ2) is 7.17. The van der Waals surface area contributed by atoms with Crippen LogP contribution in [0.1, 0.15) is 13.3 Å². The van der Waals surface area contributed by atoms with Crippen LogP contribution in [-0.4, -0.2) is 41.1 Å². The number of ether oxygens (including phenoxy) is 2. The molecule has 1 atom stereocenters. The molecule has 0 aromatic carbocycles. The molecule has 0 aliphatic heterocycles. The molecule has 0 aromatic rings. The van der Waals surface area contributed by atoms with Gasteiger partial charge in [0.15, 0.2) is 0 Å². The number of sulfonamides is 1. The monoisotopic (exact) mass is 225 g/mol. The predicted octanol–water partition coefficient (Wildman–Crippen LogP) is -0.0359. The molecule has 0 spiro atoms. The topological polar surface area (TPSA) is 78.6 Å². The zero-order valence-corrected chi connectivity index (χ0v) is 9.55. The number of primary sulfonamides is 1. The third-order valence-corrected chi connectivity index (χ3v) is 2.59. The van der Waals surface area contributed by atoms with E-state index in [4.69, 9.17) is 14.6 Å². The second-order valence-electron chi connectivity index (χ2n) is 3.36. The Hall–Kier alpha value is -0.170. The molecule has 0 saturated heterocycles. The Morgan fingerprint density at radius 1 is 1.36 bits per heavy atom. The summed E-state index contributed by atoms with van der Waals surface area (Å²) in [5.41, 5.74) is 0. The average molecular weight is 225 g/mol. The van der Waals surface area contributed by atoms with E-state index in [2.05, 4.69) is 0 Å². The van der Waals surface area contributed by atoms with Crippen molar-refractivity contribution in [2.75, 3.05) is 32.7 Å². The molecular weight excluding hydrogens is 206 g/mol. The summed E-state index contributed by atoms with van der Waals surface area (Å²) < 4.78 is 31.4. The quantitative estimate of drug-likeness (QED) is 0.588. The van der Waals surface area contributed by atoms with Crippen LogP contribution < -0.4 is 5.14 Å². The van der Waals surface area contributed by atoms with Gasteiger partial charge in [0, 0.05) is 20.3 Å². The van der Waals surface area contributed by atoms with Crippen molar-refractivity contribution in [2.45, 2.75) is 13.3 Å². The molecule has 1 unspecified atom stereocenters. The van der Waals surface area contributed by atoms with Gasteiger partial charge >= 0.3 is 0 Å². The Bertz CT molecular complexity index is 227. The SMILES string of the molecule is COCCCOCC(C)CS(N)(=O)=O. The molecule has 0 aliphatic carbocycles. The van der Waals surface area contributed by atoms with E-state index in [9.17, 15) is 8.42 Å². The lowest BCUT2D eigenvalue weighted by Gasteiger charge is -2.10. The van der Waals surface area contributed by atoms with Gasteiger partial charge in [-0.1, -0.05) is 6.92 Å². The Morgan fingerprint density at radius 2 is 2.00 bits per heavy atom. The Kier molecular flexibility index (Phi) is 7.08. The third-order valence-electron chi connectivity index (χ3n) is 1.56. The zero-order valence-electron chi connectivity index (χ0n) is 8.73. The van der Waals surface area contributed by atoms with Crippen LogP contribution in [0, 0.1) is 5.92 Å². The summed E-state index contributed by atoms with van der Waals surface area (Å²) in [7, 11) is -1.75. The van der Waals surface area contributed by atoms with Crippen molar-refractivity contribution in [2.24, 2.45) is 11.1 Å². The Morgan fingerprint density at radius 3 is 2.50 bits per heavy atom. The van der Waals surface area contributed by atoms with Gasteiger partial charge in [-0.3, -0.25) is 0 Å². The van der Waals surface area contributed by atoms with Crippen LogP contribution >= 0.6 is 0 Å². The molecule has 6 heteroatoms. The lowest BCUT2D eigenvalue weighted by Crippen LogP contribution is -2.24. The molecule has 0 bridgehead atoms. The molecule has 0 fully saturated rings. The minimum Gasteiger partial charge on any atom is -0.385 e. The Labute approximate surface area is 85.6 Å². The van der Waals surface area contributed by atoms with Gasteiger partial charge in [-0.05, 0) is 12.3 Å². The van der Waals surface area contributed by atoms with Crippen LogP contribution in [-0.2, 0) is 19.5 Å². The molecule has 0 rings (SSSR count). The summed E-state index contributed by atoms with van der Waals surface area (Å²) in [6, 6.07) is 0. The molecule has 0 heterocycles. The van der Waals surface area contributed by atoms with Gasteiger partial charge in [-0.2, -0.15) is 0 Å². The zero-order chi connectivity index (χ0) is 11.0. The summed E-state index contributed by atoms with van der Waals surface area (Å²) in [6.45, 7) is 3.45. The largest absolute Gasteiger partial charge is 0.385 e. The van der Waals surface area contributed by atoms with E-state index < -0.39 is 10.0 Å². The van der Waals surface area contributed by atoms with E-state index in [0.717, 1.165) is 6.42 Å². The maximum absolute atomic E-state index is 10.7. The summed E-state index contributed by atoms with van der Waals surface area (Å²) in [4.78, 5) is 0. The molecular formula is C8H19NO4S. The van der Waals surface area contributed by atoms with E-state index in [1.165, 1.54) is 0 Å². The fraction of sp³-hybridized carbons (Fsp3) is 1.00. The third kappa shape index (κ3) is 9.91. The lowest BCUT2D eigenvalue weighted by molar-refractivity contribution is 0.0867. The second-order valence-corrected chi connectivity index (χ2v) is 5.02. The summed E-state index contributed by atoms with van der Waals surface area (Å²) in [5.74, 6) is -0.0929. The van der Waals surface area contributed by atoms with Crippen LogP contribution in [0.2, 0.25) is 0 Å². The van der Waals surface area contributed by atoms with Gasteiger partial charge in [0.05, 0.1) is 12.4 Å². The van der Waals surface area contributed by atoms with Crippen LogP contribution in [0.5, 0.6) is 0 Å². The smallest absolute Gasteiger partial charge is 0.209 e. The normalized spacial score (nSPS) is 14.2. The first-order valence-electron chi connectivity index (χ1n) is 4.53. The fourth-order valence-corrected chi connectivity index (χ4v) is 1.92. The van der Waals surface area contributed by atoms with Gasteiger partial charge in [-0.15, -0.1) is 0 Å². The van der Waals surface area contributed by atoms with E-state index in [1.54, 1.807) is 14.0 Å². The maximum Gasteiger partial charge on any atom is 0.209 e.